The fraction of sp³-hybridized carbons (Fsp3) is 0.909. The van der Waals surface area contributed by atoms with Crippen molar-refractivity contribution in [2.45, 2.75) is 37.4 Å². The molecule has 2 fully saturated rings. The predicted molar refractivity (Wildman–Crippen MR) is 57.4 cm³/mol. The van der Waals surface area contributed by atoms with E-state index in [-0.39, 0.29) is 6.04 Å². The van der Waals surface area contributed by atoms with Crippen molar-refractivity contribution in [3.8, 4) is 6.07 Å². The third-order valence-corrected chi connectivity index (χ3v) is 3.17. The summed E-state index contributed by atoms with van der Waals surface area (Å²) in [6.07, 6.45) is 3.56. The Balaban J connectivity index is 1.74. The third-order valence-electron chi connectivity index (χ3n) is 3.17. The van der Waals surface area contributed by atoms with Crippen molar-refractivity contribution in [3.05, 3.63) is 0 Å². The SMILES string of the molecule is CN(CC(C#N)NC1CC1)C1CCOC1. The Morgan fingerprint density at radius 2 is 2.33 bits per heavy atom. The molecule has 0 aromatic rings. The van der Waals surface area contributed by atoms with Gasteiger partial charge in [-0.3, -0.25) is 10.2 Å². The van der Waals surface area contributed by atoms with E-state index in [1.165, 1.54) is 12.8 Å². The Kier molecular flexibility index (Phi) is 3.57. The number of ether oxygens (including phenoxy) is 1. The van der Waals surface area contributed by atoms with Crippen LogP contribution in [0.3, 0.4) is 0 Å². The Morgan fingerprint density at radius 1 is 1.53 bits per heavy atom. The minimum absolute atomic E-state index is 0.0249. The van der Waals surface area contributed by atoms with Crippen LogP contribution >= 0.6 is 0 Å². The van der Waals surface area contributed by atoms with Crippen molar-refractivity contribution in [2.75, 3.05) is 26.8 Å². The smallest absolute Gasteiger partial charge is 0.108 e. The fourth-order valence-electron chi connectivity index (χ4n) is 1.97. The highest BCUT2D eigenvalue weighted by Crippen LogP contribution is 2.19. The van der Waals surface area contributed by atoms with Crippen molar-refractivity contribution in [3.63, 3.8) is 0 Å². The molecular weight excluding hydrogens is 190 g/mol. The van der Waals surface area contributed by atoms with Gasteiger partial charge in [0.2, 0.25) is 0 Å². The van der Waals surface area contributed by atoms with Crippen molar-refractivity contribution < 1.29 is 4.74 Å². The van der Waals surface area contributed by atoms with Crippen LogP contribution in [0.4, 0.5) is 0 Å². The molecule has 1 N–H and O–H groups in total. The molecular formula is C11H19N3O. The number of likely N-dealkylation sites (N-methyl/N-ethyl adjacent to an activating group) is 1. The van der Waals surface area contributed by atoms with Gasteiger partial charge in [-0.15, -0.1) is 0 Å². The van der Waals surface area contributed by atoms with E-state index in [4.69, 9.17) is 10.00 Å². The van der Waals surface area contributed by atoms with Crippen LogP contribution in [0.25, 0.3) is 0 Å². The molecule has 0 spiro atoms. The molecule has 2 unspecified atom stereocenters. The van der Waals surface area contributed by atoms with Crippen LogP contribution in [0.1, 0.15) is 19.3 Å². The Hall–Kier alpha value is -0.630. The van der Waals surface area contributed by atoms with E-state index in [0.29, 0.717) is 12.1 Å². The maximum atomic E-state index is 9.02. The number of hydrogen-bond donors (Lipinski definition) is 1. The van der Waals surface area contributed by atoms with E-state index in [1.807, 2.05) is 0 Å². The van der Waals surface area contributed by atoms with Crippen molar-refractivity contribution >= 4 is 0 Å². The summed E-state index contributed by atoms with van der Waals surface area (Å²) < 4.78 is 5.34. The lowest BCUT2D eigenvalue weighted by molar-refractivity contribution is 0.156. The van der Waals surface area contributed by atoms with Crippen LogP contribution in [0.15, 0.2) is 0 Å². The molecule has 2 rings (SSSR count). The van der Waals surface area contributed by atoms with E-state index in [0.717, 1.165) is 26.2 Å². The molecule has 1 aliphatic carbocycles. The normalized spacial score (nSPS) is 27.9. The van der Waals surface area contributed by atoms with E-state index in [1.54, 1.807) is 0 Å². The Labute approximate surface area is 91.2 Å². The number of nitrogens with zero attached hydrogens (tertiary/aromatic N) is 2. The van der Waals surface area contributed by atoms with Gasteiger partial charge in [-0.2, -0.15) is 5.26 Å². The van der Waals surface area contributed by atoms with Crippen LogP contribution in [-0.4, -0.2) is 49.8 Å². The van der Waals surface area contributed by atoms with Gasteiger partial charge in [-0.05, 0) is 26.3 Å². The molecule has 0 radical (unpaired) electrons. The second-order valence-corrected chi connectivity index (χ2v) is 4.58. The number of nitriles is 1. The Bertz CT molecular complexity index is 241. The molecule has 4 nitrogen and oxygen atoms in total. The van der Waals surface area contributed by atoms with Crippen molar-refractivity contribution in [2.24, 2.45) is 0 Å². The molecule has 2 atom stereocenters. The molecule has 84 valence electrons. The number of hydrogen-bond acceptors (Lipinski definition) is 4. The molecule has 0 amide bonds. The maximum Gasteiger partial charge on any atom is 0.108 e. The van der Waals surface area contributed by atoms with Gasteiger partial charge in [0.25, 0.3) is 0 Å². The van der Waals surface area contributed by atoms with Crippen LogP contribution in [0.5, 0.6) is 0 Å². The first-order valence-corrected chi connectivity index (χ1v) is 5.73. The number of nitrogens with one attached hydrogen (secondary N) is 1. The average molecular weight is 209 g/mol. The zero-order valence-corrected chi connectivity index (χ0v) is 9.28. The van der Waals surface area contributed by atoms with Gasteiger partial charge < -0.3 is 4.74 Å². The molecule has 1 saturated carbocycles. The van der Waals surface area contributed by atoms with E-state index in [9.17, 15) is 0 Å². The molecule has 0 bridgehead atoms. The van der Waals surface area contributed by atoms with E-state index in [2.05, 4.69) is 23.3 Å². The first-order chi connectivity index (χ1) is 7.29. The topological polar surface area (TPSA) is 48.3 Å². The summed E-state index contributed by atoms with van der Waals surface area (Å²) in [6, 6.07) is 3.41. The van der Waals surface area contributed by atoms with Crippen molar-refractivity contribution in [1.29, 1.82) is 5.26 Å². The summed E-state index contributed by atoms with van der Waals surface area (Å²) in [6.45, 7) is 2.49. The fourth-order valence-corrected chi connectivity index (χ4v) is 1.97. The van der Waals surface area contributed by atoms with Gasteiger partial charge in [0, 0.05) is 25.2 Å². The lowest BCUT2D eigenvalue weighted by atomic mass is 10.2. The van der Waals surface area contributed by atoms with E-state index >= 15 is 0 Å². The Morgan fingerprint density at radius 3 is 2.87 bits per heavy atom. The molecule has 4 heteroatoms. The monoisotopic (exact) mass is 209 g/mol. The minimum Gasteiger partial charge on any atom is -0.380 e. The summed E-state index contributed by atoms with van der Waals surface area (Å²) in [7, 11) is 2.08. The standard InChI is InChI=1S/C11H19N3O/c1-14(11-4-5-15-8-11)7-10(6-12)13-9-2-3-9/h9-11,13H,2-5,7-8H2,1H3. The lowest BCUT2D eigenvalue weighted by Crippen LogP contribution is -2.43. The van der Waals surface area contributed by atoms with E-state index < -0.39 is 0 Å². The minimum atomic E-state index is -0.0249. The highest BCUT2D eigenvalue weighted by Gasteiger charge is 2.27. The summed E-state index contributed by atoms with van der Waals surface area (Å²) >= 11 is 0. The first kappa shape index (κ1) is 10.9. The van der Waals surface area contributed by atoms with Gasteiger partial charge in [0.1, 0.15) is 6.04 Å². The summed E-state index contributed by atoms with van der Waals surface area (Å²) in [5.74, 6) is 0. The summed E-state index contributed by atoms with van der Waals surface area (Å²) in [5, 5.41) is 12.4. The van der Waals surface area contributed by atoms with Crippen LogP contribution in [0.2, 0.25) is 0 Å². The largest absolute Gasteiger partial charge is 0.380 e. The predicted octanol–water partition coefficient (Wildman–Crippen LogP) is 0.351. The highest BCUT2D eigenvalue weighted by atomic mass is 16.5. The van der Waals surface area contributed by atoms with Crippen molar-refractivity contribution in [1.82, 2.24) is 10.2 Å². The molecule has 1 saturated heterocycles. The quantitative estimate of drug-likeness (QED) is 0.710. The van der Waals surface area contributed by atoms with Gasteiger partial charge in [0.05, 0.1) is 12.7 Å². The maximum absolute atomic E-state index is 9.02. The zero-order valence-electron chi connectivity index (χ0n) is 9.28. The van der Waals surface area contributed by atoms with Gasteiger partial charge in [-0.1, -0.05) is 0 Å². The molecule has 15 heavy (non-hydrogen) atoms. The van der Waals surface area contributed by atoms with Gasteiger partial charge in [0.15, 0.2) is 0 Å². The summed E-state index contributed by atoms with van der Waals surface area (Å²) in [4.78, 5) is 2.25. The van der Waals surface area contributed by atoms with Gasteiger partial charge in [-0.25, -0.2) is 0 Å². The first-order valence-electron chi connectivity index (χ1n) is 5.73. The second-order valence-electron chi connectivity index (χ2n) is 4.58. The van der Waals surface area contributed by atoms with Crippen LogP contribution in [0, 0.1) is 11.3 Å². The molecule has 2 aliphatic rings. The zero-order chi connectivity index (χ0) is 10.7. The number of rotatable bonds is 5. The highest BCUT2D eigenvalue weighted by molar-refractivity contribution is 4.97. The van der Waals surface area contributed by atoms with Crippen LogP contribution in [-0.2, 0) is 4.74 Å². The third kappa shape index (κ3) is 3.16. The molecule has 0 aromatic heterocycles. The average Bonchev–Trinajstić information content (AvgIpc) is 2.88. The molecule has 1 heterocycles. The molecule has 1 aliphatic heterocycles. The molecule has 0 aromatic carbocycles. The lowest BCUT2D eigenvalue weighted by Gasteiger charge is -2.25. The second kappa shape index (κ2) is 4.93. The summed E-state index contributed by atoms with van der Waals surface area (Å²) in [5.41, 5.74) is 0. The van der Waals surface area contributed by atoms with Gasteiger partial charge >= 0.3 is 0 Å². The van der Waals surface area contributed by atoms with Crippen LogP contribution < -0.4 is 5.32 Å².